The smallest absolute Gasteiger partial charge is 0.234 e. The molecule has 3 rings (SSSR count). The molecule has 0 fully saturated rings. The van der Waals surface area contributed by atoms with Gasteiger partial charge >= 0.3 is 0 Å². The highest BCUT2D eigenvalue weighted by molar-refractivity contribution is 5.69. The summed E-state index contributed by atoms with van der Waals surface area (Å²) in [4.78, 5) is 8.46. The highest BCUT2D eigenvalue weighted by Crippen LogP contribution is 2.29. The van der Waals surface area contributed by atoms with Crippen LogP contribution in [-0.4, -0.2) is 21.5 Å². The number of ether oxygens (including phenoxy) is 1. The van der Waals surface area contributed by atoms with Gasteiger partial charge in [0.2, 0.25) is 5.78 Å². The fourth-order valence-electron chi connectivity index (χ4n) is 1.88. The molecule has 0 spiro atoms. The Morgan fingerprint density at radius 3 is 2.88 bits per heavy atom. The van der Waals surface area contributed by atoms with Crippen LogP contribution in [0.25, 0.3) is 17.0 Å². The van der Waals surface area contributed by atoms with Gasteiger partial charge in [-0.3, -0.25) is 4.40 Å². The van der Waals surface area contributed by atoms with E-state index in [2.05, 4.69) is 9.97 Å². The molecule has 0 amide bonds. The first-order valence-corrected chi connectivity index (χ1v) is 5.31. The molecule has 17 heavy (non-hydrogen) atoms. The Labute approximate surface area is 98.5 Å². The van der Waals surface area contributed by atoms with Crippen LogP contribution in [0, 0.1) is 0 Å². The largest absolute Gasteiger partial charge is 0.496 e. The van der Waals surface area contributed by atoms with Crippen LogP contribution in [0.15, 0.2) is 48.9 Å². The molecule has 3 aromatic rings. The van der Waals surface area contributed by atoms with E-state index >= 15 is 0 Å². The van der Waals surface area contributed by atoms with Gasteiger partial charge in [0.1, 0.15) is 5.75 Å². The number of para-hydroxylation sites is 1. The second kappa shape index (κ2) is 3.90. The summed E-state index contributed by atoms with van der Waals surface area (Å²) < 4.78 is 7.30. The molecule has 2 heterocycles. The zero-order valence-corrected chi connectivity index (χ0v) is 9.37. The lowest BCUT2D eigenvalue weighted by Crippen LogP contribution is -1.92. The molecule has 0 saturated heterocycles. The van der Waals surface area contributed by atoms with E-state index in [0.717, 1.165) is 17.0 Å². The van der Waals surface area contributed by atoms with Crippen molar-refractivity contribution in [3.63, 3.8) is 0 Å². The normalized spacial score (nSPS) is 10.6. The van der Waals surface area contributed by atoms with Crippen molar-refractivity contribution < 1.29 is 4.74 Å². The van der Waals surface area contributed by atoms with Gasteiger partial charge in [-0.15, -0.1) is 0 Å². The minimum absolute atomic E-state index is 0.688. The minimum atomic E-state index is 0.688. The fraction of sp³-hybridized carbons (Fsp3) is 0.0769. The summed E-state index contributed by atoms with van der Waals surface area (Å²) in [5, 5.41) is 0. The molecule has 0 aliphatic rings. The maximum atomic E-state index is 5.36. The monoisotopic (exact) mass is 225 g/mol. The third-order valence-electron chi connectivity index (χ3n) is 2.67. The molecule has 0 bridgehead atoms. The third-order valence-corrected chi connectivity index (χ3v) is 2.67. The van der Waals surface area contributed by atoms with Crippen molar-refractivity contribution in [1.82, 2.24) is 14.4 Å². The number of fused-ring (bicyclic) bond motifs is 1. The van der Waals surface area contributed by atoms with Crippen LogP contribution >= 0.6 is 0 Å². The maximum Gasteiger partial charge on any atom is 0.234 e. The lowest BCUT2D eigenvalue weighted by Gasteiger charge is -2.07. The van der Waals surface area contributed by atoms with E-state index in [-0.39, 0.29) is 0 Å². The van der Waals surface area contributed by atoms with Gasteiger partial charge in [-0.1, -0.05) is 12.1 Å². The van der Waals surface area contributed by atoms with E-state index in [1.165, 1.54) is 0 Å². The van der Waals surface area contributed by atoms with Crippen molar-refractivity contribution in [3.8, 4) is 17.0 Å². The zero-order chi connectivity index (χ0) is 11.7. The summed E-state index contributed by atoms with van der Waals surface area (Å²) in [5.74, 6) is 1.52. The number of rotatable bonds is 2. The van der Waals surface area contributed by atoms with Crippen LogP contribution in [0.5, 0.6) is 5.75 Å². The van der Waals surface area contributed by atoms with Crippen LogP contribution in [-0.2, 0) is 0 Å². The van der Waals surface area contributed by atoms with Crippen molar-refractivity contribution in [2.75, 3.05) is 7.11 Å². The Hall–Kier alpha value is -2.36. The second-order valence-corrected chi connectivity index (χ2v) is 3.63. The van der Waals surface area contributed by atoms with Crippen molar-refractivity contribution in [1.29, 1.82) is 0 Å². The van der Waals surface area contributed by atoms with Gasteiger partial charge in [0.05, 0.1) is 19.0 Å². The summed E-state index contributed by atoms with van der Waals surface area (Å²) in [5.41, 5.74) is 1.99. The van der Waals surface area contributed by atoms with E-state index in [9.17, 15) is 0 Å². The number of hydrogen-bond donors (Lipinski definition) is 0. The van der Waals surface area contributed by atoms with Gasteiger partial charge in [0.15, 0.2) is 0 Å². The van der Waals surface area contributed by atoms with Gasteiger partial charge in [0.25, 0.3) is 0 Å². The Morgan fingerprint density at radius 1 is 1.12 bits per heavy atom. The lowest BCUT2D eigenvalue weighted by atomic mass is 10.1. The Balaban J connectivity index is 2.27. The van der Waals surface area contributed by atoms with Crippen LogP contribution < -0.4 is 4.74 Å². The first-order chi connectivity index (χ1) is 8.40. The van der Waals surface area contributed by atoms with E-state index < -0.39 is 0 Å². The fourth-order valence-corrected chi connectivity index (χ4v) is 1.88. The maximum absolute atomic E-state index is 5.36. The molecule has 0 aliphatic carbocycles. The number of aromatic nitrogens is 3. The van der Waals surface area contributed by atoms with Gasteiger partial charge in [-0.25, -0.2) is 9.97 Å². The number of hydrogen-bond acceptors (Lipinski definition) is 3. The summed E-state index contributed by atoms with van der Waals surface area (Å²) >= 11 is 0. The molecular formula is C13H11N3O. The summed E-state index contributed by atoms with van der Waals surface area (Å²) in [6.07, 6.45) is 5.48. The Morgan fingerprint density at radius 2 is 2.00 bits per heavy atom. The average molecular weight is 225 g/mol. The molecule has 0 atom stereocenters. The molecule has 0 radical (unpaired) electrons. The molecule has 84 valence electrons. The van der Waals surface area contributed by atoms with Gasteiger partial charge in [-0.05, 0) is 18.2 Å². The van der Waals surface area contributed by atoms with Crippen molar-refractivity contribution in [2.45, 2.75) is 0 Å². The summed E-state index contributed by atoms with van der Waals surface area (Å²) in [6.45, 7) is 0. The second-order valence-electron chi connectivity index (χ2n) is 3.63. The van der Waals surface area contributed by atoms with E-state index in [4.69, 9.17) is 4.74 Å². The lowest BCUT2D eigenvalue weighted by molar-refractivity contribution is 0.416. The van der Waals surface area contributed by atoms with Gasteiger partial charge in [-0.2, -0.15) is 0 Å². The molecule has 0 N–H and O–H groups in total. The van der Waals surface area contributed by atoms with Crippen LogP contribution in [0.3, 0.4) is 0 Å². The highest BCUT2D eigenvalue weighted by Gasteiger charge is 2.10. The molecule has 1 aromatic carbocycles. The van der Waals surface area contributed by atoms with Crippen molar-refractivity contribution >= 4 is 5.78 Å². The van der Waals surface area contributed by atoms with E-state index in [1.54, 1.807) is 19.5 Å². The van der Waals surface area contributed by atoms with Crippen LogP contribution in [0.2, 0.25) is 0 Å². The van der Waals surface area contributed by atoms with Crippen LogP contribution in [0.1, 0.15) is 0 Å². The predicted octanol–water partition coefficient (Wildman–Crippen LogP) is 2.40. The van der Waals surface area contributed by atoms with Crippen LogP contribution in [0.4, 0.5) is 0 Å². The molecule has 0 unspecified atom stereocenters. The summed E-state index contributed by atoms with van der Waals surface area (Å²) in [6, 6.07) is 9.76. The van der Waals surface area contributed by atoms with Crippen molar-refractivity contribution in [3.05, 3.63) is 48.9 Å². The standard InChI is InChI=1S/C13H11N3O/c1-17-12-6-3-2-5-10(12)11-9-15-13-14-7-4-8-16(11)13/h2-9H,1H3. The predicted molar refractivity (Wildman–Crippen MR) is 65.0 cm³/mol. The quantitative estimate of drug-likeness (QED) is 0.672. The molecule has 0 aliphatic heterocycles. The number of imidazole rings is 1. The first-order valence-electron chi connectivity index (χ1n) is 5.31. The first kappa shape index (κ1) is 9.84. The number of methoxy groups -OCH3 is 1. The third kappa shape index (κ3) is 1.54. The molecule has 4 heteroatoms. The minimum Gasteiger partial charge on any atom is -0.496 e. The molecular weight excluding hydrogens is 214 g/mol. The Bertz CT molecular complexity index is 660. The average Bonchev–Trinajstić information content (AvgIpc) is 2.82. The van der Waals surface area contributed by atoms with Gasteiger partial charge in [0, 0.05) is 18.0 Å². The van der Waals surface area contributed by atoms with E-state index in [1.807, 2.05) is 40.9 Å². The van der Waals surface area contributed by atoms with E-state index in [0.29, 0.717) is 5.78 Å². The molecule has 0 saturated carbocycles. The molecule has 2 aromatic heterocycles. The number of nitrogens with zero attached hydrogens (tertiary/aromatic N) is 3. The zero-order valence-electron chi connectivity index (χ0n) is 9.37. The Kier molecular flexibility index (Phi) is 2.26. The van der Waals surface area contributed by atoms with Gasteiger partial charge < -0.3 is 4.74 Å². The SMILES string of the molecule is COc1ccccc1-c1cnc2ncccn12. The van der Waals surface area contributed by atoms with Crippen molar-refractivity contribution in [2.24, 2.45) is 0 Å². The molecule has 4 nitrogen and oxygen atoms in total. The number of benzene rings is 1. The summed E-state index contributed by atoms with van der Waals surface area (Å²) in [7, 11) is 1.67. The highest BCUT2D eigenvalue weighted by atomic mass is 16.5. The topological polar surface area (TPSA) is 39.4 Å².